The molecule has 26 heavy (non-hydrogen) atoms. The molecule has 1 N–H and O–H groups in total. The summed E-state index contributed by atoms with van der Waals surface area (Å²) in [6.07, 6.45) is 3.04. The number of benzene rings is 2. The van der Waals surface area contributed by atoms with Crippen molar-refractivity contribution < 1.29 is 9.59 Å². The minimum Gasteiger partial charge on any atom is -0.322 e. The third-order valence-corrected chi connectivity index (χ3v) is 4.75. The molecule has 1 aliphatic rings. The van der Waals surface area contributed by atoms with E-state index in [1.807, 2.05) is 24.3 Å². The number of aromatic nitrogens is 1. The van der Waals surface area contributed by atoms with E-state index in [0.717, 1.165) is 11.8 Å². The Kier molecular flexibility index (Phi) is 4.31. The zero-order chi connectivity index (χ0) is 18.1. The Bertz CT molecular complexity index is 1010. The van der Waals surface area contributed by atoms with Crippen molar-refractivity contribution in [2.75, 3.05) is 16.8 Å². The van der Waals surface area contributed by atoms with E-state index in [9.17, 15) is 9.59 Å². The van der Waals surface area contributed by atoms with E-state index in [0.29, 0.717) is 40.4 Å². The van der Waals surface area contributed by atoms with E-state index in [2.05, 4.69) is 10.3 Å². The number of rotatable bonds is 3. The maximum atomic E-state index is 12.7. The molecule has 2 amide bonds. The molecule has 6 heteroatoms. The summed E-state index contributed by atoms with van der Waals surface area (Å²) in [7, 11) is 0. The smallest absolute Gasteiger partial charge is 0.257 e. The second-order valence-corrected chi connectivity index (χ2v) is 6.56. The fourth-order valence-corrected chi connectivity index (χ4v) is 3.47. The minimum absolute atomic E-state index is 0.0746. The van der Waals surface area contributed by atoms with E-state index in [1.54, 1.807) is 35.4 Å². The van der Waals surface area contributed by atoms with Crippen LogP contribution < -0.4 is 10.2 Å². The topological polar surface area (TPSA) is 62.3 Å². The van der Waals surface area contributed by atoms with Gasteiger partial charge in [0, 0.05) is 30.2 Å². The molecule has 0 radical (unpaired) electrons. The van der Waals surface area contributed by atoms with E-state index in [-0.39, 0.29) is 11.8 Å². The number of anilines is 2. The highest BCUT2D eigenvalue weighted by atomic mass is 35.5. The maximum absolute atomic E-state index is 12.7. The fourth-order valence-electron chi connectivity index (χ4n) is 3.19. The predicted molar refractivity (Wildman–Crippen MR) is 103 cm³/mol. The SMILES string of the molecule is O=C(Nc1ccc(N2CCCC2=O)c(Cl)c1)c1cccc2cccnc12. The van der Waals surface area contributed by atoms with E-state index >= 15 is 0 Å². The number of hydrogen-bond donors (Lipinski definition) is 1. The molecule has 2 heterocycles. The average Bonchev–Trinajstić information content (AvgIpc) is 3.07. The lowest BCUT2D eigenvalue weighted by atomic mass is 10.1. The lowest BCUT2D eigenvalue weighted by Crippen LogP contribution is -2.24. The zero-order valence-corrected chi connectivity index (χ0v) is 14.7. The quantitative estimate of drug-likeness (QED) is 0.754. The van der Waals surface area contributed by atoms with Crippen molar-refractivity contribution in [2.24, 2.45) is 0 Å². The molecule has 1 fully saturated rings. The van der Waals surface area contributed by atoms with Crippen molar-refractivity contribution in [1.29, 1.82) is 0 Å². The number of nitrogens with zero attached hydrogens (tertiary/aromatic N) is 2. The van der Waals surface area contributed by atoms with Gasteiger partial charge in [-0.25, -0.2) is 0 Å². The van der Waals surface area contributed by atoms with Gasteiger partial charge in [-0.1, -0.05) is 29.8 Å². The number of carbonyl (C=O) groups excluding carboxylic acids is 2. The molecule has 0 unspecified atom stereocenters. The number of halogens is 1. The van der Waals surface area contributed by atoms with E-state index < -0.39 is 0 Å². The fraction of sp³-hybridized carbons (Fsp3) is 0.150. The van der Waals surface area contributed by atoms with Crippen LogP contribution in [0.25, 0.3) is 10.9 Å². The summed E-state index contributed by atoms with van der Waals surface area (Å²) >= 11 is 6.34. The molecule has 130 valence electrons. The summed E-state index contributed by atoms with van der Waals surface area (Å²) < 4.78 is 0. The van der Waals surface area contributed by atoms with Gasteiger partial charge in [-0.3, -0.25) is 14.6 Å². The van der Waals surface area contributed by atoms with Crippen LogP contribution >= 0.6 is 11.6 Å². The van der Waals surface area contributed by atoms with Crippen LogP contribution in [0.3, 0.4) is 0 Å². The molecule has 5 nitrogen and oxygen atoms in total. The Balaban J connectivity index is 1.60. The van der Waals surface area contributed by atoms with Crippen LogP contribution in [0.2, 0.25) is 5.02 Å². The second kappa shape index (κ2) is 6.77. The van der Waals surface area contributed by atoms with Crippen molar-refractivity contribution in [3.8, 4) is 0 Å². The van der Waals surface area contributed by atoms with Crippen molar-refractivity contribution in [3.63, 3.8) is 0 Å². The molecule has 2 aromatic carbocycles. The predicted octanol–water partition coefficient (Wildman–Crippen LogP) is 4.27. The molecule has 4 rings (SSSR count). The Hall–Kier alpha value is -2.92. The standard InChI is InChI=1S/C20H16ClN3O2/c21-16-12-14(8-9-17(16)24-11-3-7-18(24)25)23-20(26)15-6-1-4-13-5-2-10-22-19(13)15/h1-2,4-6,8-10,12H,3,7,11H2,(H,23,26). The third-order valence-electron chi connectivity index (χ3n) is 4.45. The Morgan fingerprint density at radius 3 is 2.77 bits per heavy atom. The molecule has 3 aromatic rings. The van der Waals surface area contributed by atoms with Crippen molar-refractivity contribution in [1.82, 2.24) is 4.98 Å². The third kappa shape index (κ3) is 3.02. The lowest BCUT2D eigenvalue weighted by Gasteiger charge is -2.18. The highest BCUT2D eigenvalue weighted by molar-refractivity contribution is 6.34. The van der Waals surface area contributed by atoms with Gasteiger partial charge < -0.3 is 10.2 Å². The van der Waals surface area contributed by atoms with Gasteiger partial charge in [0.1, 0.15) is 0 Å². The first-order valence-corrected chi connectivity index (χ1v) is 8.76. The minimum atomic E-state index is -0.254. The molecular formula is C20H16ClN3O2. The van der Waals surface area contributed by atoms with Crippen LogP contribution in [0.15, 0.2) is 54.7 Å². The molecule has 1 aliphatic heterocycles. The molecular weight excluding hydrogens is 350 g/mol. The van der Waals surface area contributed by atoms with Crippen LogP contribution in [0.5, 0.6) is 0 Å². The van der Waals surface area contributed by atoms with Gasteiger partial charge in [-0.2, -0.15) is 0 Å². The Morgan fingerprint density at radius 2 is 2.00 bits per heavy atom. The largest absolute Gasteiger partial charge is 0.322 e. The average molecular weight is 366 g/mol. The molecule has 1 aromatic heterocycles. The molecule has 0 saturated carbocycles. The van der Waals surface area contributed by atoms with Gasteiger partial charge in [-0.05, 0) is 36.8 Å². The van der Waals surface area contributed by atoms with Crippen LogP contribution in [0.1, 0.15) is 23.2 Å². The van der Waals surface area contributed by atoms with Crippen LogP contribution in [0.4, 0.5) is 11.4 Å². The number of nitrogens with one attached hydrogen (secondary N) is 1. The number of hydrogen-bond acceptors (Lipinski definition) is 3. The van der Waals surface area contributed by atoms with Gasteiger partial charge >= 0.3 is 0 Å². The molecule has 0 bridgehead atoms. The first-order valence-electron chi connectivity index (χ1n) is 8.38. The van der Waals surface area contributed by atoms with Crippen molar-refractivity contribution in [2.45, 2.75) is 12.8 Å². The highest BCUT2D eigenvalue weighted by Gasteiger charge is 2.23. The van der Waals surface area contributed by atoms with E-state index in [1.165, 1.54) is 0 Å². The van der Waals surface area contributed by atoms with Crippen LogP contribution in [-0.4, -0.2) is 23.3 Å². The van der Waals surface area contributed by atoms with Gasteiger partial charge in [0.25, 0.3) is 5.91 Å². The molecule has 1 saturated heterocycles. The van der Waals surface area contributed by atoms with Crippen molar-refractivity contribution in [3.05, 3.63) is 65.3 Å². The summed E-state index contributed by atoms with van der Waals surface area (Å²) in [6, 6.07) is 14.4. The monoisotopic (exact) mass is 365 g/mol. The first kappa shape index (κ1) is 16.5. The molecule has 0 spiro atoms. The Labute approximate surface area is 155 Å². The summed E-state index contributed by atoms with van der Waals surface area (Å²) in [5.41, 5.74) is 2.40. The normalized spacial score (nSPS) is 14.0. The Morgan fingerprint density at radius 1 is 1.15 bits per heavy atom. The number of para-hydroxylation sites is 1. The number of carbonyl (C=O) groups is 2. The maximum Gasteiger partial charge on any atom is 0.257 e. The van der Waals surface area contributed by atoms with Crippen LogP contribution in [-0.2, 0) is 4.79 Å². The summed E-state index contributed by atoms with van der Waals surface area (Å²) in [4.78, 5) is 30.6. The number of fused-ring (bicyclic) bond motifs is 1. The highest BCUT2D eigenvalue weighted by Crippen LogP contribution is 2.32. The van der Waals surface area contributed by atoms with E-state index in [4.69, 9.17) is 11.6 Å². The van der Waals surface area contributed by atoms with Gasteiger partial charge in [0.05, 0.1) is 21.8 Å². The lowest BCUT2D eigenvalue weighted by molar-refractivity contribution is -0.117. The molecule has 0 atom stereocenters. The second-order valence-electron chi connectivity index (χ2n) is 6.15. The summed E-state index contributed by atoms with van der Waals surface area (Å²) in [6.45, 7) is 0.673. The van der Waals surface area contributed by atoms with Crippen LogP contribution in [0, 0.1) is 0 Å². The summed E-state index contributed by atoms with van der Waals surface area (Å²) in [5, 5.41) is 4.20. The van der Waals surface area contributed by atoms with Crippen molar-refractivity contribution >= 4 is 45.7 Å². The van der Waals surface area contributed by atoms with Gasteiger partial charge in [0.15, 0.2) is 0 Å². The number of amides is 2. The zero-order valence-electron chi connectivity index (χ0n) is 13.9. The first-order chi connectivity index (χ1) is 12.6. The number of pyridine rings is 1. The summed E-state index contributed by atoms with van der Waals surface area (Å²) in [5.74, 6) is -0.180. The molecule has 0 aliphatic carbocycles. The van der Waals surface area contributed by atoms with Gasteiger partial charge in [0.2, 0.25) is 5.91 Å². The van der Waals surface area contributed by atoms with Gasteiger partial charge in [-0.15, -0.1) is 0 Å².